The van der Waals surface area contributed by atoms with Crippen LogP contribution in [0.1, 0.15) is 36.4 Å². The van der Waals surface area contributed by atoms with Crippen LogP contribution >= 0.6 is 11.6 Å². The van der Waals surface area contributed by atoms with Crippen molar-refractivity contribution in [3.8, 4) is 17.1 Å². The first-order valence-corrected chi connectivity index (χ1v) is 9.45. The first kappa shape index (κ1) is 20.0. The number of benzene rings is 2. The van der Waals surface area contributed by atoms with Crippen molar-refractivity contribution in [1.29, 1.82) is 0 Å². The maximum Gasteiger partial charge on any atom is 0.255 e. The highest BCUT2D eigenvalue weighted by molar-refractivity contribution is 6.33. The Bertz CT molecular complexity index is 949. The topological polar surface area (TPSA) is 71.7 Å². The van der Waals surface area contributed by atoms with Crippen LogP contribution in [0.4, 0.5) is 5.69 Å². The van der Waals surface area contributed by atoms with Crippen LogP contribution in [0.3, 0.4) is 0 Å². The molecular weight excluding hydrogens is 378 g/mol. The van der Waals surface area contributed by atoms with Crippen LogP contribution in [-0.2, 0) is 6.61 Å². The molecule has 0 aliphatic carbocycles. The zero-order valence-corrected chi connectivity index (χ0v) is 16.5. The smallest absolute Gasteiger partial charge is 0.255 e. The molecule has 1 amide bonds. The molecule has 0 radical (unpaired) electrons. The van der Waals surface area contributed by atoms with Crippen molar-refractivity contribution < 1.29 is 19.1 Å². The van der Waals surface area contributed by atoms with Gasteiger partial charge in [0, 0.05) is 16.8 Å². The predicted octanol–water partition coefficient (Wildman–Crippen LogP) is 5.52. The molecule has 2 N–H and O–H groups in total. The molecule has 0 spiro atoms. The van der Waals surface area contributed by atoms with Crippen molar-refractivity contribution in [2.75, 3.05) is 5.32 Å². The minimum atomic E-state index is -0.237. The van der Waals surface area contributed by atoms with Gasteiger partial charge in [-0.2, -0.15) is 0 Å². The van der Waals surface area contributed by atoms with Gasteiger partial charge in [-0.1, -0.05) is 18.5 Å². The molecule has 0 fully saturated rings. The third kappa shape index (κ3) is 4.74. The van der Waals surface area contributed by atoms with Gasteiger partial charge < -0.3 is 19.6 Å². The fraction of sp³-hybridized carbons (Fsp3) is 0.227. The summed E-state index contributed by atoms with van der Waals surface area (Å²) in [5.41, 5.74) is 1.79. The summed E-state index contributed by atoms with van der Waals surface area (Å²) in [5, 5.41) is 12.4. The first-order chi connectivity index (χ1) is 13.5. The average molecular weight is 400 g/mol. The number of carbonyl (C=O) groups is 1. The number of nitrogens with one attached hydrogen (secondary N) is 1. The zero-order valence-electron chi connectivity index (χ0n) is 15.7. The molecule has 6 heteroatoms. The third-order valence-electron chi connectivity index (χ3n) is 4.34. The molecule has 2 aromatic carbocycles. The van der Waals surface area contributed by atoms with Crippen LogP contribution in [0.2, 0.25) is 5.02 Å². The van der Waals surface area contributed by atoms with E-state index in [2.05, 4.69) is 12.2 Å². The van der Waals surface area contributed by atoms with E-state index in [1.807, 2.05) is 6.92 Å². The number of hydrogen-bond acceptors (Lipinski definition) is 4. The van der Waals surface area contributed by atoms with Crippen molar-refractivity contribution in [3.63, 3.8) is 0 Å². The molecule has 0 aliphatic heterocycles. The van der Waals surface area contributed by atoms with E-state index in [1.54, 1.807) is 54.6 Å². The second kappa shape index (κ2) is 8.95. The van der Waals surface area contributed by atoms with Crippen LogP contribution in [0.15, 0.2) is 59.0 Å². The summed E-state index contributed by atoms with van der Waals surface area (Å²) in [6.45, 7) is 3.88. The lowest BCUT2D eigenvalue weighted by molar-refractivity contribution is 0.102. The molecule has 5 nitrogen and oxygen atoms in total. The van der Waals surface area contributed by atoms with Crippen LogP contribution in [0, 0.1) is 0 Å². The molecule has 1 atom stereocenters. The van der Waals surface area contributed by atoms with Crippen molar-refractivity contribution in [3.05, 3.63) is 70.9 Å². The van der Waals surface area contributed by atoms with Gasteiger partial charge >= 0.3 is 0 Å². The Morgan fingerprint density at radius 3 is 2.54 bits per heavy atom. The van der Waals surface area contributed by atoms with Crippen molar-refractivity contribution in [1.82, 2.24) is 0 Å². The number of halogens is 1. The number of amides is 1. The van der Waals surface area contributed by atoms with Gasteiger partial charge in [0.25, 0.3) is 5.91 Å². The summed E-state index contributed by atoms with van der Waals surface area (Å²) in [6, 6.07) is 15.6. The monoisotopic (exact) mass is 399 g/mol. The lowest BCUT2D eigenvalue weighted by Gasteiger charge is -2.13. The van der Waals surface area contributed by atoms with Gasteiger partial charge in [-0.05, 0) is 67.9 Å². The van der Waals surface area contributed by atoms with E-state index in [4.69, 9.17) is 25.9 Å². The number of carbonyl (C=O) groups excluding carboxylic acids is 1. The molecule has 0 aliphatic rings. The van der Waals surface area contributed by atoms with Crippen LogP contribution < -0.4 is 10.1 Å². The number of anilines is 1. The normalized spacial score (nSPS) is 11.9. The molecule has 1 heterocycles. The van der Waals surface area contributed by atoms with Gasteiger partial charge in [0.05, 0.1) is 11.1 Å². The van der Waals surface area contributed by atoms with E-state index in [9.17, 15) is 4.79 Å². The van der Waals surface area contributed by atoms with Crippen molar-refractivity contribution in [2.45, 2.75) is 33.0 Å². The maximum absolute atomic E-state index is 12.5. The number of ether oxygens (including phenoxy) is 1. The predicted molar refractivity (Wildman–Crippen MR) is 110 cm³/mol. The van der Waals surface area contributed by atoms with Gasteiger partial charge in [-0.3, -0.25) is 4.79 Å². The second-order valence-corrected chi connectivity index (χ2v) is 6.84. The zero-order chi connectivity index (χ0) is 20.1. The Balaban J connectivity index is 1.69. The molecular formula is C22H22ClNO4. The largest absolute Gasteiger partial charge is 0.491 e. The Morgan fingerprint density at radius 1 is 1.18 bits per heavy atom. The fourth-order valence-electron chi connectivity index (χ4n) is 2.60. The van der Waals surface area contributed by atoms with E-state index in [1.165, 1.54) is 0 Å². The lowest BCUT2D eigenvalue weighted by Crippen LogP contribution is -2.12. The quantitative estimate of drug-likeness (QED) is 0.548. The van der Waals surface area contributed by atoms with Crippen molar-refractivity contribution >= 4 is 23.2 Å². The SMILES string of the molecule is CC[C@@H](C)Oc1ccc(C(=O)Nc2ccc(-c3ccc(CO)o3)c(Cl)c2)cc1. The molecule has 1 aromatic heterocycles. The number of hydrogen-bond donors (Lipinski definition) is 2. The molecule has 28 heavy (non-hydrogen) atoms. The maximum atomic E-state index is 12.5. The summed E-state index contributed by atoms with van der Waals surface area (Å²) in [7, 11) is 0. The lowest BCUT2D eigenvalue weighted by atomic mass is 10.1. The number of aliphatic hydroxyl groups is 1. The summed E-state index contributed by atoms with van der Waals surface area (Å²) in [5.74, 6) is 1.52. The molecule has 3 aromatic rings. The molecule has 146 valence electrons. The molecule has 0 saturated heterocycles. The van der Waals surface area contributed by atoms with Gasteiger partial charge in [0.15, 0.2) is 0 Å². The Labute approximate surface area is 168 Å². The summed E-state index contributed by atoms with van der Waals surface area (Å²) < 4.78 is 11.2. The van der Waals surface area contributed by atoms with Crippen LogP contribution in [0.25, 0.3) is 11.3 Å². The molecule has 0 bridgehead atoms. The third-order valence-corrected chi connectivity index (χ3v) is 4.65. The van der Waals surface area contributed by atoms with Gasteiger partial charge in [-0.25, -0.2) is 0 Å². The van der Waals surface area contributed by atoms with E-state index >= 15 is 0 Å². The molecule has 0 unspecified atom stereocenters. The van der Waals surface area contributed by atoms with Crippen molar-refractivity contribution in [2.24, 2.45) is 0 Å². The van der Waals surface area contributed by atoms with E-state index in [0.717, 1.165) is 12.2 Å². The fourth-order valence-corrected chi connectivity index (χ4v) is 2.88. The Hall–Kier alpha value is -2.76. The number of rotatable bonds is 7. The second-order valence-electron chi connectivity index (χ2n) is 6.43. The van der Waals surface area contributed by atoms with Gasteiger partial charge in [0.2, 0.25) is 0 Å². The highest BCUT2D eigenvalue weighted by atomic mass is 35.5. The molecule has 0 saturated carbocycles. The standard InChI is InChI=1S/C22H22ClNO4/c1-3-14(2)27-17-7-4-15(5-8-17)22(26)24-16-6-10-19(20(23)12-16)21-11-9-18(13-25)28-21/h4-12,14,25H,3,13H2,1-2H3,(H,24,26)/t14-/m1/s1. The summed E-state index contributed by atoms with van der Waals surface area (Å²) in [4.78, 5) is 12.5. The van der Waals surface area contributed by atoms with E-state index in [0.29, 0.717) is 33.4 Å². The first-order valence-electron chi connectivity index (χ1n) is 9.07. The van der Waals surface area contributed by atoms with Gasteiger partial charge in [0.1, 0.15) is 23.9 Å². The van der Waals surface area contributed by atoms with Crippen LogP contribution in [0.5, 0.6) is 5.75 Å². The Kier molecular flexibility index (Phi) is 6.39. The molecule has 3 rings (SSSR count). The minimum absolute atomic E-state index is 0.128. The number of furan rings is 1. The highest BCUT2D eigenvalue weighted by Crippen LogP contribution is 2.32. The van der Waals surface area contributed by atoms with Gasteiger partial charge in [-0.15, -0.1) is 0 Å². The summed E-state index contributed by atoms with van der Waals surface area (Å²) >= 11 is 6.34. The van der Waals surface area contributed by atoms with Crippen LogP contribution in [-0.4, -0.2) is 17.1 Å². The highest BCUT2D eigenvalue weighted by Gasteiger charge is 2.12. The van der Waals surface area contributed by atoms with E-state index < -0.39 is 0 Å². The minimum Gasteiger partial charge on any atom is -0.491 e. The summed E-state index contributed by atoms with van der Waals surface area (Å²) in [6.07, 6.45) is 1.04. The van der Waals surface area contributed by atoms with E-state index in [-0.39, 0.29) is 18.6 Å². The average Bonchev–Trinajstić information content (AvgIpc) is 3.17. The Morgan fingerprint density at radius 2 is 1.93 bits per heavy atom. The number of aliphatic hydroxyl groups excluding tert-OH is 1.